The molecule has 0 saturated carbocycles. The van der Waals surface area contributed by atoms with Crippen LogP contribution in [0.5, 0.6) is 0 Å². The zero-order chi connectivity index (χ0) is 21.1. The van der Waals surface area contributed by atoms with Crippen molar-refractivity contribution in [2.24, 2.45) is 0 Å². The molecular formula is C25H17NO4. The van der Waals surface area contributed by atoms with Gasteiger partial charge in [-0.3, -0.25) is 0 Å². The molecule has 1 aromatic heterocycles. The van der Waals surface area contributed by atoms with Crippen molar-refractivity contribution in [2.75, 3.05) is 7.11 Å². The number of benzene rings is 3. The summed E-state index contributed by atoms with van der Waals surface area (Å²) in [6.45, 7) is 0. The van der Waals surface area contributed by atoms with Crippen molar-refractivity contribution in [1.29, 1.82) is 0 Å². The molecule has 5 nitrogen and oxygen atoms in total. The minimum atomic E-state index is -1.03. The van der Waals surface area contributed by atoms with Gasteiger partial charge in [0.2, 0.25) is 0 Å². The van der Waals surface area contributed by atoms with Crippen molar-refractivity contribution in [1.82, 2.24) is 4.98 Å². The highest BCUT2D eigenvalue weighted by atomic mass is 16.5. The van der Waals surface area contributed by atoms with Crippen LogP contribution in [0.15, 0.2) is 72.9 Å². The van der Waals surface area contributed by atoms with Gasteiger partial charge in [0.25, 0.3) is 0 Å². The molecule has 0 aliphatic carbocycles. The molecule has 0 fully saturated rings. The summed E-state index contributed by atoms with van der Waals surface area (Å²) < 4.78 is 4.81. The maximum atomic E-state index is 11.9. The molecule has 1 heterocycles. The number of nitrogens with one attached hydrogen (secondary N) is 1. The highest BCUT2D eigenvalue weighted by Crippen LogP contribution is 2.31. The topological polar surface area (TPSA) is 79.4 Å². The zero-order valence-corrected chi connectivity index (χ0v) is 16.1. The number of ether oxygens (including phenoxy) is 1. The number of carboxylic acids is 1. The largest absolute Gasteiger partial charge is 0.478 e. The summed E-state index contributed by atoms with van der Waals surface area (Å²) in [6, 6.07) is 19.9. The minimum absolute atomic E-state index is 0.161. The predicted octanol–water partition coefficient (Wildman–Crippen LogP) is 4.72. The maximum Gasteiger partial charge on any atom is 0.340 e. The van der Waals surface area contributed by atoms with Gasteiger partial charge in [0.05, 0.1) is 18.2 Å². The Hall–Kier alpha value is -4.30. The molecule has 0 spiro atoms. The number of carbonyl (C=O) groups is 2. The molecule has 0 amide bonds. The average Bonchev–Trinajstić information content (AvgIpc) is 3.20. The van der Waals surface area contributed by atoms with Gasteiger partial charge in [-0.15, -0.1) is 0 Å². The number of aromatic amines is 1. The van der Waals surface area contributed by atoms with Gasteiger partial charge in [-0.05, 0) is 35.9 Å². The number of methoxy groups -OCH3 is 1. The standard InChI is InChI=1S/C25H17NO4/c1-30-25(29)21-15-26-22-14-18(12-13-19(21)22)23-17(8-5-9-20(23)24(27)28)11-10-16-6-3-2-4-7-16/h2-9,12-15,26H,1H3,(H,27,28). The quantitative estimate of drug-likeness (QED) is 0.389. The molecule has 30 heavy (non-hydrogen) atoms. The highest BCUT2D eigenvalue weighted by molar-refractivity contribution is 6.06. The van der Waals surface area contributed by atoms with E-state index in [0.29, 0.717) is 33.2 Å². The number of carboxylic acid groups (broad SMARTS) is 1. The number of carbonyl (C=O) groups excluding carboxylic acids is 1. The lowest BCUT2D eigenvalue weighted by molar-refractivity contribution is 0.0602. The number of aromatic nitrogens is 1. The molecule has 0 radical (unpaired) electrons. The first-order valence-electron chi connectivity index (χ1n) is 9.21. The number of fused-ring (bicyclic) bond motifs is 1. The molecule has 4 aromatic rings. The first-order valence-corrected chi connectivity index (χ1v) is 9.21. The highest BCUT2D eigenvalue weighted by Gasteiger charge is 2.17. The van der Waals surface area contributed by atoms with Crippen LogP contribution in [0.3, 0.4) is 0 Å². The van der Waals surface area contributed by atoms with Gasteiger partial charge >= 0.3 is 11.9 Å². The van der Waals surface area contributed by atoms with Gasteiger partial charge in [-0.1, -0.05) is 48.2 Å². The van der Waals surface area contributed by atoms with E-state index in [1.807, 2.05) is 36.4 Å². The van der Waals surface area contributed by atoms with Crippen LogP contribution in [-0.4, -0.2) is 29.1 Å². The molecule has 0 atom stereocenters. The van der Waals surface area contributed by atoms with E-state index in [4.69, 9.17) is 4.74 Å². The van der Waals surface area contributed by atoms with E-state index in [1.54, 1.807) is 36.5 Å². The van der Waals surface area contributed by atoms with Gasteiger partial charge < -0.3 is 14.8 Å². The molecule has 0 aliphatic rings. The molecule has 4 rings (SSSR count). The normalized spacial score (nSPS) is 10.3. The van der Waals surface area contributed by atoms with Gasteiger partial charge in [-0.2, -0.15) is 0 Å². The van der Waals surface area contributed by atoms with E-state index in [0.717, 1.165) is 5.56 Å². The second-order valence-corrected chi connectivity index (χ2v) is 6.60. The summed E-state index contributed by atoms with van der Waals surface area (Å²) in [6.07, 6.45) is 1.58. The molecule has 0 bridgehead atoms. The fourth-order valence-electron chi connectivity index (χ4n) is 3.37. The zero-order valence-electron chi connectivity index (χ0n) is 16.1. The molecule has 146 valence electrons. The monoisotopic (exact) mass is 395 g/mol. The summed E-state index contributed by atoms with van der Waals surface area (Å²) in [5.41, 5.74) is 3.96. The number of hydrogen-bond donors (Lipinski definition) is 2. The van der Waals surface area contributed by atoms with Crippen LogP contribution < -0.4 is 0 Å². The maximum absolute atomic E-state index is 11.9. The van der Waals surface area contributed by atoms with Crippen molar-refractivity contribution in [3.05, 3.63) is 95.2 Å². The van der Waals surface area contributed by atoms with Crippen molar-refractivity contribution >= 4 is 22.8 Å². The number of H-pyrrole nitrogens is 1. The minimum Gasteiger partial charge on any atom is -0.478 e. The lowest BCUT2D eigenvalue weighted by atomic mass is 9.93. The average molecular weight is 395 g/mol. The second kappa shape index (κ2) is 7.98. The van der Waals surface area contributed by atoms with Crippen LogP contribution in [0.25, 0.3) is 22.0 Å². The summed E-state index contributed by atoms with van der Waals surface area (Å²) >= 11 is 0. The lowest BCUT2D eigenvalue weighted by Crippen LogP contribution is -2.02. The Balaban J connectivity index is 1.88. The van der Waals surface area contributed by atoms with Crippen molar-refractivity contribution in [2.45, 2.75) is 0 Å². The third-order valence-corrected chi connectivity index (χ3v) is 4.79. The smallest absolute Gasteiger partial charge is 0.340 e. The van der Waals surface area contributed by atoms with Crippen LogP contribution >= 0.6 is 0 Å². The molecule has 0 aliphatic heterocycles. The molecule has 0 unspecified atom stereocenters. The number of hydrogen-bond acceptors (Lipinski definition) is 3. The molecule has 2 N–H and O–H groups in total. The Bertz CT molecular complexity index is 1320. The second-order valence-electron chi connectivity index (χ2n) is 6.60. The van der Waals surface area contributed by atoms with Crippen LogP contribution in [0.2, 0.25) is 0 Å². The number of esters is 1. The number of rotatable bonds is 3. The molecule has 3 aromatic carbocycles. The van der Waals surface area contributed by atoms with Crippen LogP contribution in [0.1, 0.15) is 31.8 Å². The molecule has 0 saturated heterocycles. The van der Waals surface area contributed by atoms with Gasteiger partial charge in [-0.25, -0.2) is 9.59 Å². The van der Waals surface area contributed by atoms with Crippen LogP contribution in [0, 0.1) is 11.8 Å². The summed E-state index contributed by atoms with van der Waals surface area (Å²) in [5, 5.41) is 10.4. The summed E-state index contributed by atoms with van der Waals surface area (Å²) in [7, 11) is 1.33. The van der Waals surface area contributed by atoms with E-state index in [-0.39, 0.29) is 5.56 Å². The predicted molar refractivity (Wildman–Crippen MR) is 114 cm³/mol. The lowest BCUT2D eigenvalue weighted by Gasteiger charge is -2.10. The SMILES string of the molecule is COC(=O)c1c[nH]c2cc(-c3c(C#Cc4ccccc4)cccc3C(=O)O)ccc12. The van der Waals surface area contributed by atoms with E-state index in [1.165, 1.54) is 7.11 Å². The summed E-state index contributed by atoms with van der Waals surface area (Å²) in [5.74, 6) is 4.73. The van der Waals surface area contributed by atoms with Crippen molar-refractivity contribution in [3.63, 3.8) is 0 Å². The first-order chi connectivity index (χ1) is 14.6. The van der Waals surface area contributed by atoms with Crippen LogP contribution in [-0.2, 0) is 4.74 Å². The third-order valence-electron chi connectivity index (χ3n) is 4.79. The van der Waals surface area contributed by atoms with E-state index in [9.17, 15) is 14.7 Å². The van der Waals surface area contributed by atoms with Gasteiger partial charge in [0.15, 0.2) is 0 Å². The Morgan fingerprint density at radius 2 is 1.73 bits per heavy atom. The molecule has 5 heteroatoms. The molecular weight excluding hydrogens is 378 g/mol. The Morgan fingerprint density at radius 1 is 0.933 bits per heavy atom. The summed E-state index contributed by atoms with van der Waals surface area (Å²) in [4.78, 5) is 26.9. The first kappa shape index (κ1) is 19.0. The number of aromatic carboxylic acids is 1. The Labute approximate surface area is 172 Å². The van der Waals surface area contributed by atoms with Crippen molar-refractivity contribution < 1.29 is 19.4 Å². The van der Waals surface area contributed by atoms with Gasteiger partial charge in [0.1, 0.15) is 0 Å². The Kier molecular flexibility index (Phi) is 5.06. The van der Waals surface area contributed by atoms with E-state index >= 15 is 0 Å². The fourth-order valence-corrected chi connectivity index (χ4v) is 3.37. The van der Waals surface area contributed by atoms with Crippen LogP contribution in [0.4, 0.5) is 0 Å². The fraction of sp³-hybridized carbons (Fsp3) is 0.0400. The Morgan fingerprint density at radius 3 is 2.47 bits per heavy atom. The van der Waals surface area contributed by atoms with E-state index in [2.05, 4.69) is 16.8 Å². The van der Waals surface area contributed by atoms with Gasteiger partial charge in [0, 0.05) is 33.8 Å². The third kappa shape index (κ3) is 3.54. The van der Waals surface area contributed by atoms with E-state index < -0.39 is 11.9 Å². The van der Waals surface area contributed by atoms with Crippen molar-refractivity contribution in [3.8, 4) is 23.0 Å².